The number of nitrogens with zero attached hydrogens (tertiary/aromatic N) is 1. The van der Waals surface area contributed by atoms with Gasteiger partial charge in [0, 0.05) is 13.1 Å². The maximum absolute atomic E-state index is 12.4. The summed E-state index contributed by atoms with van der Waals surface area (Å²) in [5.74, 6) is 0.184. The highest BCUT2D eigenvalue weighted by atomic mass is 35.5. The van der Waals surface area contributed by atoms with Crippen molar-refractivity contribution in [3.05, 3.63) is 33.8 Å². The Morgan fingerprint density at radius 1 is 1.39 bits per heavy atom. The number of carbonyl (C=O) groups is 1. The molecule has 0 aromatic heterocycles. The third kappa shape index (κ3) is 2.91. The first kappa shape index (κ1) is 13.9. The molecule has 1 aromatic rings. The minimum Gasteiger partial charge on any atom is -0.373 e. The summed E-state index contributed by atoms with van der Waals surface area (Å²) in [5.41, 5.74) is 0.344. The van der Waals surface area contributed by atoms with Crippen LogP contribution in [0.5, 0.6) is 0 Å². The van der Waals surface area contributed by atoms with E-state index in [-0.39, 0.29) is 12.0 Å². The van der Waals surface area contributed by atoms with Crippen molar-refractivity contribution in [1.82, 2.24) is 4.90 Å². The number of hydrogen-bond donors (Lipinski definition) is 0. The van der Waals surface area contributed by atoms with Crippen LogP contribution in [-0.4, -0.2) is 42.5 Å². The molecule has 0 radical (unpaired) electrons. The summed E-state index contributed by atoms with van der Waals surface area (Å²) in [7, 11) is 0. The van der Waals surface area contributed by atoms with Crippen molar-refractivity contribution < 1.29 is 9.53 Å². The molecule has 1 atom stereocenters. The molecule has 1 unspecified atom stereocenters. The van der Waals surface area contributed by atoms with E-state index >= 15 is 0 Å². The van der Waals surface area contributed by atoms with E-state index in [1.54, 1.807) is 23.1 Å². The van der Waals surface area contributed by atoms with Crippen LogP contribution in [0, 0.1) is 0 Å². The minimum atomic E-state index is -0.177. The topological polar surface area (TPSA) is 29.5 Å². The quantitative estimate of drug-likeness (QED) is 0.786. The van der Waals surface area contributed by atoms with Gasteiger partial charge in [0.1, 0.15) is 0 Å². The Kier molecular flexibility index (Phi) is 4.73. The number of carbonyl (C=O) groups excluding carboxylic acids is 1. The Hall–Kier alpha value is -0.480. The summed E-state index contributed by atoms with van der Waals surface area (Å²) in [6.45, 7) is 1.46. The maximum atomic E-state index is 12.4. The first-order valence-corrected chi connectivity index (χ1v) is 6.83. The molecule has 6 heteroatoms. The number of hydrogen-bond acceptors (Lipinski definition) is 2. The summed E-state index contributed by atoms with van der Waals surface area (Å²) in [5, 5.41) is 0.725. The lowest BCUT2D eigenvalue weighted by molar-refractivity contribution is -0.0107. The first-order valence-electron chi connectivity index (χ1n) is 5.54. The van der Waals surface area contributed by atoms with Crippen molar-refractivity contribution in [3.8, 4) is 0 Å². The van der Waals surface area contributed by atoms with Crippen LogP contribution in [0.4, 0.5) is 0 Å². The number of halogens is 3. The third-order valence-corrected chi connectivity index (χ3v) is 3.75. The van der Waals surface area contributed by atoms with Gasteiger partial charge in [0.2, 0.25) is 0 Å². The second kappa shape index (κ2) is 6.11. The SMILES string of the molecule is O=C(c1c(Cl)cccc1Cl)N1CCOC(CCl)C1. The zero-order valence-electron chi connectivity index (χ0n) is 9.54. The van der Waals surface area contributed by atoms with Gasteiger partial charge in [-0.25, -0.2) is 0 Å². The van der Waals surface area contributed by atoms with E-state index in [1.807, 2.05) is 0 Å². The molecule has 1 saturated heterocycles. The molecule has 0 spiro atoms. The molecule has 98 valence electrons. The monoisotopic (exact) mass is 307 g/mol. The van der Waals surface area contributed by atoms with Crippen LogP contribution in [0.2, 0.25) is 10.0 Å². The molecule has 18 heavy (non-hydrogen) atoms. The van der Waals surface area contributed by atoms with Gasteiger partial charge >= 0.3 is 0 Å². The third-order valence-electron chi connectivity index (χ3n) is 2.77. The summed E-state index contributed by atoms with van der Waals surface area (Å²) < 4.78 is 5.41. The van der Waals surface area contributed by atoms with Crippen LogP contribution in [0.25, 0.3) is 0 Å². The van der Waals surface area contributed by atoms with Crippen molar-refractivity contribution in [3.63, 3.8) is 0 Å². The highest BCUT2D eigenvalue weighted by Gasteiger charge is 2.26. The Morgan fingerprint density at radius 3 is 2.67 bits per heavy atom. The average Bonchev–Trinajstić information content (AvgIpc) is 2.38. The molecule has 1 heterocycles. The van der Waals surface area contributed by atoms with Gasteiger partial charge < -0.3 is 9.64 Å². The van der Waals surface area contributed by atoms with Gasteiger partial charge in [-0.2, -0.15) is 0 Å². The Labute approximate surface area is 121 Å². The Balaban J connectivity index is 2.20. The fourth-order valence-corrected chi connectivity index (χ4v) is 2.60. The van der Waals surface area contributed by atoms with Gasteiger partial charge in [0.05, 0.1) is 34.2 Å². The van der Waals surface area contributed by atoms with Gasteiger partial charge in [-0.05, 0) is 12.1 Å². The number of amides is 1. The van der Waals surface area contributed by atoms with Crippen molar-refractivity contribution in [2.75, 3.05) is 25.6 Å². The van der Waals surface area contributed by atoms with E-state index in [2.05, 4.69) is 0 Å². The smallest absolute Gasteiger partial charge is 0.257 e. The number of ether oxygens (including phenoxy) is 1. The standard InChI is InChI=1S/C12H12Cl3NO2/c13-6-8-7-16(4-5-18-8)12(17)11-9(14)2-1-3-10(11)15/h1-3,8H,4-7H2. The Morgan fingerprint density at radius 2 is 2.06 bits per heavy atom. The maximum Gasteiger partial charge on any atom is 0.257 e. The van der Waals surface area contributed by atoms with Gasteiger partial charge in [0.15, 0.2) is 0 Å². The summed E-state index contributed by atoms with van der Waals surface area (Å²) in [6, 6.07) is 5.02. The van der Waals surface area contributed by atoms with E-state index in [1.165, 1.54) is 0 Å². The van der Waals surface area contributed by atoms with Crippen LogP contribution in [-0.2, 0) is 4.74 Å². The number of morpholine rings is 1. The van der Waals surface area contributed by atoms with E-state index in [9.17, 15) is 4.79 Å². The predicted molar refractivity (Wildman–Crippen MR) is 72.8 cm³/mol. The number of rotatable bonds is 2. The van der Waals surface area contributed by atoms with Gasteiger partial charge in [-0.15, -0.1) is 11.6 Å². The van der Waals surface area contributed by atoms with Crippen molar-refractivity contribution in [1.29, 1.82) is 0 Å². The van der Waals surface area contributed by atoms with Crippen molar-refractivity contribution >= 4 is 40.7 Å². The van der Waals surface area contributed by atoms with Gasteiger partial charge in [0.25, 0.3) is 5.91 Å². The molecule has 1 fully saturated rings. The molecular weight excluding hydrogens is 296 g/mol. The second-order valence-corrected chi connectivity index (χ2v) is 5.12. The molecule has 1 aliphatic rings. The fraction of sp³-hybridized carbons (Fsp3) is 0.417. The van der Waals surface area contributed by atoms with Crippen molar-refractivity contribution in [2.24, 2.45) is 0 Å². The van der Waals surface area contributed by atoms with E-state index in [4.69, 9.17) is 39.5 Å². The van der Waals surface area contributed by atoms with E-state index in [0.29, 0.717) is 41.2 Å². The van der Waals surface area contributed by atoms with E-state index < -0.39 is 0 Å². The summed E-state index contributed by atoms with van der Waals surface area (Å²) in [6.07, 6.45) is -0.134. The van der Waals surface area contributed by atoms with Gasteiger partial charge in [-0.1, -0.05) is 29.3 Å². The van der Waals surface area contributed by atoms with Crippen LogP contribution < -0.4 is 0 Å². The molecule has 1 amide bonds. The number of benzene rings is 1. The normalized spacial score (nSPS) is 19.9. The molecule has 3 nitrogen and oxygen atoms in total. The lowest BCUT2D eigenvalue weighted by atomic mass is 10.1. The Bertz CT molecular complexity index is 433. The molecular formula is C12H12Cl3NO2. The summed E-state index contributed by atoms with van der Waals surface area (Å²) >= 11 is 17.8. The van der Waals surface area contributed by atoms with Crippen molar-refractivity contribution in [2.45, 2.75) is 6.10 Å². The predicted octanol–water partition coefficient (Wildman–Crippen LogP) is 3.07. The fourth-order valence-electron chi connectivity index (χ4n) is 1.86. The molecule has 1 aromatic carbocycles. The molecule has 0 aliphatic carbocycles. The van der Waals surface area contributed by atoms with Crippen LogP contribution in [0.1, 0.15) is 10.4 Å². The minimum absolute atomic E-state index is 0.134. The van der Waals surface area contributed by atoms with E-state index in [0.717, 1.165) is 0 Å². The second-order valence-electron chi connectivity index (χ2n) is 3.99. The van der Waals surface area contributed by atoms with Crippen LogP contribution >= 0.6 is 34.8 Å². The molecule has 0 bridgehead atoms. The average molecular weight is 309 g/mol. The lowest BCUT2D eigenvalue weighted by Crippen LogP contribution is -2.46. The summed E-state index contributed by atoms with van der Waals surface area (Å²) in [4.78, 5) is 14.0. The number of alkyl halides is 1. The molecule has 1 aliphatic heterocycles. The zero-order chi connectivity index (χ0) is 13.1. The van der Waals surface area contributed by atoms with Gasteiger partial charge in [-0.3, -0.25) is 4.79 Å². The first-order chi connectivity index (χ1) is 8.63. The highest BCUT2D eigenvalue weighted by molar-refractivity contribution is 6.39. The largest absolute Gasteiger partial charge is 0.373 e. The highest BCUT2D eigenvalue weighted by Crippen LogP contribution is 2.26. The molecule has 2 rings (SSSR count). The zero-order valence-corrected chi connectivity index (χ0v) is 11.8. The van der Waals surface area contributed by atoms with Crippen LogP contribution in [0.3, 0.4) is 0 Å². The lowest BCUT2D eigenvalue weighted by Gasteiger charge is -2.32. The molecule has 0 N–H and O–H groups in total. The molecule has 0 saturated carbocycles. The van der Waals surface area contributed by atoms with Crippen LogP contribution in [0.15, 0.2) is 18.2 Å².